The standard InChI is InChI=1S/C21H21N3O5S/c1-12-5-7-14(8-6-12)9-19-13(2)22-21(30-19)23-20(25)15-10-17(28-3)18(29-4)11-16(15)24(26)27/h5-8,10-11H,9H2,1-4H3,(H,22,23,25). The Morgan fingerprint density at radius 3 is 2.37 bits per heavy atom. The zero-order chi connectivity index (χ0) is 21.8. The Morgan fingerprint density at radius 2 is 1.77 bits per heavy atom. The number of benzene rings is 2. The summed E-state index contributed by atoms with van der Waals surface area (Å²) >= 11 is 1.34. The van der Waals surface area contributed by atoms with Crippen LogP contribution in [0.2, 0.25) is 0 Å². The number of nitro groups is 1. The molecular formula is C21H21N3O5S. The molecule has 0 radical (unpaired) electrons. The van der Waals surface area contributed by atoms with Gasteiger partial charge in [-0.25, -0.2) is 4.98 Å². The van der Waals surface area contributed by atoms with Crippen LogP contribution in [0.1, 0.15) is 32.1 Å². The number of hydrogen-bond donors (Lipinski definition) is 1. The lowest BCUT2D eigenvalue weighted by Gasteiger charge is -2.10. The SMILES string of the molecule is COc1cc(C(=O)Nc2nc(C)c(Cc3ccc(C)cc3)s2)c([N+](=O)[O-])cc1OC. The number of aromatic nitrogens is 1. The maximum absolute atomic E-state index is 12.8. The van der Waals surface area contributed by atoms with Crippen LogP contribution in [0.4, 0.5) is 10.8 Å². The van der Waals surface area contributed by atoms with Crippen molar-refractivity contribution >= 4 is 28.1 Å². The predicted molar refractivity (Wildman–Crippen MR) is 115 cm³/mol. The van der Waals surface area contributed by atoms with Crippen LogP contribution in [0, 0.1) is 24.0 Å². The van der Waals surface area contributed by atoms with E-state index in [1.165, 1.54) is 43.3 Å². The number of nitrogens with zero attached hydrogens (tertiary/aromatic N) is 2. The molecule has 1 N–H and O–H groups in total. The second kappa shape index (κ2) is 8.91. The summed E-state index contributed by atoms with van der Waals surface area (Å²) in [4.78, 5) is 29.0. The highest BCUT2D eigenvalue weighted by Crippen LogP contribution is 2.35. The van der Waals surface area contributed by atoms with E-state index in [0.29, 0.717) is 11.6 Å². The summed E-state index contributed by atoms with van der Waals surface area (Å²) in [5.41, 5.74) is 2.62. The number of aryl methyl sites for hydroxylation is 2. The molecule has 0 saturated carbocycles. The van der Waals surface area contributed by atoms with Crippen molar-refractivity contribution in [1.82, 2.24) is 4.98 Å². The molecule has 0 aliphatic rings. The lowest BCUT2D eigenvalue weighted by molar-refractivity contribution is -0.385. The van der Waals surface area contributed by atoms with Gasteiger partial charge in [0.2, 0.25) is 0 Å². The van der Waals surface area contributed by atoms with Gasteiger partial charge in [-0.05, 0) is 19.4 Å². The van der Waals surface area contributed by atoms with Crippen LogP contribution in [0.25, 0.3) is 0 Å². The number of ether oxygens (including phenoxy) is 2. The third kappa shape index (κ3) is 4.57. The number of rotatable bonds is 7. The van der Waals surface area contributed by atoms with Crippen LogP contribution in [-0.2, 0) is 6.42 Å². The summed E-state index contributed by atoms with van der Waals surface area (Å²) < 4.78 is 10.3. The molecule has 2 aromatic carbocycles. The molecule has 9 heteroatoms. The van der Waals surface area contributed by atoms with Crippen molar-refractivity contribution in [1.29, 1.82) is 0 Å². The van der Waals surface area contributed by atoms with E-state index < -0.39 is 10.8 Å². The zero-order valence-electron chi connectivity index (χ0n) is 17.0. The summed E-state index contributed by atoms with van der Waals surface area (Å²) in [5.74, 6) is -0.242. The summed E-state index contributed by atoms with van der Waals surface area (Å²) in [6.45, 7) is 3.90. The summed E-state index contributed by atoms with van der Waals surface area (Å²) in [6.07, 6.45) is 0.691. The fourth-order valence-electron chi connectivity index (χ4n) is 2.90. The topological polar surface area (TPSA) is 104 Å². The van der Waals surface area contributed by atoms with Gasteiger partial charge in [0, 0.05) is 17.4 Å². The third-order valence-corrected chi connectivity index (χ3v) is 5.61. The number of methoxy groups -OCH3 is 2. The third-order valence-electron chi connectivity index (χ3n) is 4.54. The van der Waals surface area contributed by atoms with E-state index in [1.807, 2.05) is 26.0 Å². The van der Waals surface area contributed by atoms with Gasteiger partial charge in [0.25, 0.3) is 11.6 Å². The number of carbonyl (C=O) groups is 1. The van der Waals surface area contributed by atoms with Gasteiger partial charge in [0.1, 0.15) is 5.56 Å². The van der Waals surface area contributed by atoms with Crippen LogP contribution in [-0.4, -0.2) is 30.0 Å². The smallest absolute Gasteiger partial charge is 0.286 e. The minimum atomic E-state index is -0.640. The molecule has 1 heterocycles. The average molecular weight is 427 g/mol. The maximum atomic E-state index is 12.8. The van der Waals surface area contributed by atoms with E-state index in [9.17, 15) is 14.9 Å². The van der Waals surface area contributed by atoms with Crippen LogP contribution >= 0.6 is 11.3 Å². The quantitative estimate of drug-likeness (QED) is 0.439. The van der Waals surface area contributed by atoms with Crippen LogP contribution < -0.4 is 14.8 Å². The molecule has 0 spiro atoms. The first-order chi connectivity index (χ1) is 14.3. The van der Waals surface area contributed by atoms with E-state index in [-0.39, 0.29) is 22.7 Å². The van der Waals surface area contributed by atoms with Gasteiger partial charge in [-0.1, -0.05) is 29.8 Å². The van der Waals surface area contributed by atoms with Crippen LogP contribution in [0.3, 0.4) is 0 Å². The largest absolute Gasteiger partial charge is 0.493 e. The van der Waals surface area contributed by atoms with Crippen molar-refractivity contribution in [2.24, 2.45) is 0 Å². The lowest BCUT2D eigenvalue weighted by Crippen LogP contribution is -2.14. The predicted octanol–water partition coefficient (Wildman–Crippen LogP) is 4.53. The van der Waals surface area contributed by atoms with Gasteiger partial charge in [-0.3, -0.25) is 20.2 Å². The molecule has 0 unspecified atom stereocenters. The molecule has 8 nitrogen and oxygen atoms in total. The van der Waals surface area contributed by atoms with Crippen molar-refractivity contribution in [3.8, 4) is 11.5 Å². The van der Waals surface area contributed by atoms with Gasteiger partial charge in [0.05, 0.1) is 30.9 Å². The lowest BCUT2D eigenvalue weighted by atomic mass is 10.1. The van der Waals surface area contributed by atoms with E-state index in [4.69, 9.17) is 9.47 Å². The van der Waals surface area contributed by atoms with E-state index in [2.05, 4.69) is 22.4 Å². The van der Waals surface area contributed by atoms with E-state index in [0.717, 1.165) is 16.1 Å². The molecule has 30 heavy (non-hydrogen) atoms. The Morgan fingerprint density at radius 1 is 1.13 bits per heavy atom. The monoisotopic (exact) mass is 427 g/mol. The van der Waals surface area contributed by atoms with Crippen molar-refractivity contribution in [2.45, 2.75) is 20.3 Å². The highest BCUT2D eigenvalue weighted by molar-refractivity contribution is 7.15. The molecule has 0 saturated heterocycles. The minimum absolute atomic E-state index is 0.134. The number of hydrogen-bond acceptors (Lipinski definition) is 7. The average Bonchev–Trinajstić information content (AvgIpc) is 3.06. The summed E-state index contributed by atoms with van der Waals surface area (Å²) in [6, 6.07) is 10.7. The molecule has 0 fully saturated rings. The number of thiazole rings is 1. The van der Waals surface area contributed by atoms with Crippen molar-refractivity contribution in [2.75, 3.05) is 19.5 Å². The van der Waals surface area contributed by atoms with E-state index >= 15 is 0 Å². The second-order valence-corrected chi connectivity index (χ2v) is 7.71. The first kappa shape index (κ1) is 21.3. The molecule has 0 atom stereocenters. The Balaban J connectivity index is 1.86. The molecule has 0 aliphatic heterocycles. The van der Waals surface area contributed by atoms with Crippen LogP contribution in [0.5, 0.6) is 11.5 Å². The highest BCUT2D eigenvalue weighted by atomic mass is 32.1. The minimum Gasteiger partial charge on any atom is -0.493 e. The Kier molecular flexibility index (Phi) is 6.31. The second-order valence-electron chi connectivity index (χ2n) is 6.63. The van der Waals surface area contributed by atoms with Gasteiger partial charge in [-0.15, -0.1) is 11.3 Å². The molecule has 0 aliphatic carbocycles. The van der Waals surface area contributed by atoms with E-state index in [1.54, 1.807) is 0 Å². The fraction of sp³-hybridized carbons (Fsp3) is 0.238. The molecule has 1 aromatic heterocycles. The summed E-state index contributed by atoms with van der Waals surface area (Å²) in [7, 11) is 2.77. The molecule has 156 valence electrons. The summed E-state index contributed by atoms with van der Waals surface area (Å²) in [5, 5.41) is 14.5. The van der Waals surface area contributed by atoms with Crippen LogP contribution in [0.15, 0.2) is 36.4 Å². The number of nitrogens with one attached hydrogen (secondary N) is 1. The maximum Gasteiger partial charge on any atom is 0.286 e. The molecular weight excluding hydrogens is 406 g/mol. The van der Waals surface area contributed by atoms with Gasteiger partial charge in [0.15, 0.2) is 16.6 Å². The van der Waals surface area contributed by atoms with Gasteiger partial charge in [-0.2, -0.15) is 0 Å². The normalized spacial score (nSPS) is 10.5. The fourth-order valence-corrected chi connectivity index (χ4v) is 3.89. The van der Waals surface area contributed by atoms with Crippen molar-refractivity contribution < 1.29 is 19.2 Å². The highest BCUT2D eigenvalue weighted by Gasteiger charge is 2.25. The van der Waals surface area contributed by atoms with Gasteiger partial charge < -0.3 is 9.47 Å². The van der Waals surface area contributed by atoms with Gasteiger partial charge >= 0.3 is 0 Å². The van der Waals surface area contributed by atoms with Crippen molar-refractivity contribution in [3.05, 3.63) is 73.8 Å². The number of anilines is 1. The Labute approximate surface area is 177 Å². The number of carbonyl (C=O) groups excluding carboxylic acids is 1. The zero-order valence-corrected chi connectivity index (χ0v) is 17.8. The molecule has 1 amide bonds. The van der Waals surface area contributed by atoms with Crippen molar-refractivity contribution in [3.63, 3.8) is 0 Å². The first-order valence-corrected chi connectivity index (χ1v) is 9.87. The number of nitro benzene ring substituents is 1. The molecule has 3 aromatic rings. The number of amides is 1. The Hall–Kier alpha value is -3.46. The Bertz CT molecular complexity index is 1090. The first-order valence-electron chi connectivity index (χ1n) is 9.06. The molecule has 3 rings (SSSR count). The molecule has 0 bridgehead atoms.